The molecule has 2 N–H and O–H groups in total. The van der Waals surface area contributed by atoms with Crippen molar-refractivity contribution in [1.82, 2.24) is 10.6 Å². The van der Waals surface area contributed by atoms with E-state index < -0.39 is 0 Å². The van der Waals surface area contributed by atoms with Crippen LogP contribution < -0.4 is 10.6 Å². The van der Waals surface area contributed by atoms with Crippen LogP contribution in [0.3, 0.4) is 0 Å². The number of furan rings is 1. The summed E-state index contributed by atoms with van der Waals surface area (Å²) < 4.78 is 5.60. The minimum absolute atomic E-state index is 0. The highest BCUT2D eigenvalue weighted by Crippen LogP contribution is 2.14. The molecule has 1 amide bonds. The standard InChI is InChI=1S/C10H13BrN2O2.ClH/c11-9-5-7(6-15-9)10(14)13-8-1-3-12-4-2-8;/h5-6,8,12H,1-4H2,(H,13,14);1H. The molecular formula is C10H14BrClN2O2. The fourth-order valence-corrected chi connectivity index (χ4v) is 2.00. The van der Waals surface area contributed by atoms with E-state index in [9.17, 15) is 4.79 Å². The molecule has 90 valence electrons. The molecule has 1 aliphatic heterocycles. The second-order valence-corrected chi connectivity index (χ2v) is 4.42. The van der Waals surface area contributed by atoms with E-state index in [1.54, 1.807) is 6.07 Å². The lowest BCUT2D eigenvalue weighted by atomic mass is 10.1. The third-order valence-corrected chi connectivity index (χ3v) is 2.92. The van der Waals surface area contributed by atoms with E-state index in [-0.39, 0.29) is 24.4 Å². The Morgan fingerprint density at radius 2 is 2.19 bits per heavy atom. The van der Waals surface area contributed by atoms with Crippen LogP contribution in [0.2, 0.25) is 0 Å². The van der Waals surface area contributed by atoms with Gasteiger partial charge in [0.15, 0.2) is 4.67 Å². The third kappa shape index (κ3) is 3.50. The molecule has 1 saturated heterocycles. The molecular weight excluding hydrogens is 295 g/mol. The van der Waals surface area contributed by atoms with Crippen molar-refractivity contribution in [1.29, 1.82) is 0 Å². The summed E-state index contributed by atoms with van der Waals surface area (Å²) in [6, 6.07) is 1.96. The van der Waals surface area contributed by atoms with Crippen LogP contribution in [0.1, 0.15) is 23.2 Å². The molecule has 16 heavy (non-hydrogen) atoms. The number of hydrogen-bond donors (Lipinski definition) is 2. The molecule has 0 aromatic carbocycles. The van der Waals surface area contributed by atoms with Gasteiger partial charge in [0.25, 0.3) is 5.91 Å². The van der Waals surface area contributed by atoms with Crippen LogP contribution in [-0.2, 0) is 0 Å². The molecule has 1 fully saturated rings. The molecule has 1 aromatic heterocycles. The van der Waals surface area contributed by atoms with Gasteiger partial charge in [0.1, 0.15) is 6.26 Å². The third-order valence-electron chi connectivity index (χ3n) is 2.50. The predicted octanol–water partition coefficient (Wildman–Crippen LogP) is 1.95. The predicted molar refractivity (Wildman–Crippen MR) is 67.0 cm³/mol. The van der Waals surface area contributed by atoms with Crippen LogP contribution in [0.15, 0.2) is 21.4 Å². The minimum atomic E-state index is -0.0589. The zero-order valence-corrected chi connectivity index (χ0v) is 11.1. The van der Waals surface area contributed by atoms with E-state index >= 15 is 0 Å². The number of carbonyl (C=O) groups is 1. The molecule has 0 bridgehead atoms. The van der Waals surface area contributed by atoms with Gasteiger partial charge < -0.3 is 15.1 Å². The summed E-state index contributed by atoms with van der Waals surface area (Å²) >= 11 is 3.17. The highest BCUT2D eigenvalue weighted by molar-refractivity contribution is 9.10. The molecule has 2 rings (SSSR count). The Morgan fingerprint density at radius 3 is 2.75 bits per heavy atom. The van der Waals surface area contributed by atoms with Crippen LogP contribution in [0.5, 0.6) is 0 Å². The van der Waals surface area contributed by atoms with Gasteiger partial charge in [0.05, 0.1) is 5.56 Å². The average molecular weight is 310 g/mol. The Kier molecular flexibility index (Phi) is 5.31. The highest BCUT2D eigenvalue weighted by atomic mass is 79.9. The van der Waals surface area contributed by atoms with Gasteiger partial charge in [-0.3, -0.25) is 4.79 Å². The SMILES string of the molecule is Cl.O=C(NC1CCNCC1)c1coc(Br)c1. The van der Waals surface area contributed by atoms with E-state index in [4.69, 9.17) is 4.42 Å². The maximum atomic E-state index is 11.7. The van der Waals surface area contributed by atoms with Crippen molar-refractivity contribution < 1.29 is 9.21 Å². The molecule has 0 saturated carbocycles. The topological polar surface area (TPSA) is 54.3 Å². The van der Waals surface area contributed by atoms with Crippen LogP contribution in [0, 0.1) is 0 Å². The maximum absolute atomic E-state index is 11.7. The molecule has 6 heteroatoms. The first-order valence-electron chi connectivity index (χ1n) is 5.01. The number of amides is 1. The minimum Gasteiger partial charge on any atom is -0.457 e. The number of rotatable bonds is 2. The molecule has 0 unspecified atom stereocenters. The van der Waals surface area contributed by atoms with Gasteiger partial charge in [-0.15, -0.1) is 12.4 Å². The van der Waals surface area contributed by atoms with E-state index in [0.717, 1.165) is 25.9 Å². The molecule has 0 radical (unpaired) electrons. The van der Waals surface area contributed by atoms with Gasteiger partial charge in [-0.2, -0.15) is 0 Å². The van der Waals surface area contributed by atoms with Gasteiger partial charge in [0.2, 0.25) is 0 Å². The highest BCUT2D eigenvalue weighted by Gasteiger charge is 2.17. The van der Waals surface area contributed by atoms with Crippen LogP contribution in [-0.4, -0.2) is 25.0 Å². The van der Waals surface area contributed by atoms with Gasteiger partial charge >= 0.3 is 0 Å². The number of nitrogens with one attached hydrogen (secondary N) is 2. The van der Waals surface area contributed by atoms with E-state index in [1.165, 1.54) is 6.26 Å². The second kappa shape index (κ2) is 6.27. The number of halogens is 2. The quantitative estimate of drug-likeness (QED) is 0.878. The van der Waals surface area contributed by atoms with E-state index in [1.807, 2.05) is 0 Å². The Hall–Kier alpha value is -0.520. The Morgan fingerprint density at radius 1 is 1.50 bits per heavy atom. The fourth-order valence-electron chi connectivity index (χ4n) is 1.66. The van der Waals surface area contributed by atoms with E-state index in [2.05, 4.69) is 26.6 Å². The molecule has 1 aromatic rings. The van der Waals surface area contributed by atoms with Crippen molar-refractivity contribution in [3.05, 3.63) is 22.6 Å². The zero-order valence-electron chi connectivity index (χ0n) is 8.66. The monoisotopic (exact) mass is 308 g/mol. The van der Waals surface area contributed by atoms with Crippen molar-refractivity contribution >= 4 is 34.2 Å². The Bertz CT molecular complexity index is 350. The zero-order chi connectivity index (χ0) is 10.7. The Balaban J connectivity index is 0.00000128. The molecule has 4 nitrogen and oxygen atoms in total. The first-order chi connectivity index (χ1) is 7.25. The largest absolute Gasteiger partial charge is 0.457 e. The first-order valence-corrected chi connectivity index (χ1v) is 5.80. The number of hydrogen-bond acceptors (Lipinski definition) is 3. The summed E-state index contributed by atoms with van der Waals surface area (Å²) in [4.78, 5) is 11.7. The lowest BCUT2D eigenvalue weighted by Crippen LogP contribution is -2.42. The molecule has 1 aliphatic rings. The number of carbonyl (C=O) groups excluding carboxylic acids is 1. The smallest absolute Gasteiger partial charge is 0.254 e. The van der Waals surface area contributed by atoms with Gasteiger partial charge in [-0.25, -0.2) is 0 Å². The van der Waals surface area contributed by atoms with Crippen molar-refractivity contribution in [3.8, 4) is 0 Å². The number of piperidine rings is 1. The summed E-state index contributed by atoms with van der Waals surface area (Å²) in [7, 11) is 0. The average Bonchev–Trinajstić information content (AvgIpc) is 2.66. The lowest BCUT2D eigenvalue weighted by Gasteiger charge is -2.23. The second-order valence-electron chi connectivity index (χ2n) is 3.64. The normalized spacial score (nSPS) is 16.6. The van der Waals surface area contributed by atoms with Gasteiger partial charge in [0, 0.05) is 12.1 Å². The molecule has 2 heterocycles. The van der Waals surface area contributed by atoms with Gasteiger partial charge in [-0.05, 0) is 41.9 Å². The van der Waals surface area contributed by atoms with Crippen LogP contribution >= 0.6 is 28.3 Å². The van der Waals surface area contributed by atoms with Crippen LogP contribution in [0.25, 0.3) is 0 Å². The van der Waals surface area contributed by atoms with Crippen molar-refractivity contribution in [2.24, 2.45) is 0 Å². The van der Waals surface area contributed by atoms with Crippen molar-refractivity contribution in [3.63, 3.8) is 0 Å². The summed E-state index contributed by atoms with van der Waals surface area (Å²) in [5.74, 6) is -0.0589. The summed E-state index contributed by atoms with van der Waals surface area (Å²) in [5.41, 5.74) is 0.570. The maximum Gasteiger partial charge on any atom is 0.254 e. The Labute approximate surface area is 109 Å². The summed E-state index contributed by atoms with van der Waals surface area (Å²) in [6.07, 6.45) is 3.44. The van der Waals surface area contributed by atoms with Crippen molar-refractivity contribution in [2.75, 3.05) is 13.1 Å². The fraction of sp³-hybridized carbons (Fsp3) is 0.500. The van der Waals surface area contributed by atoms with Crippen molar-refractivity contribution in [2.45, 2.75) is 18.9 Å². The van der Waals surface area contributed by atoms with Gasteiger partial charge in [-0.1, -0.05) is 0 Å². The van der Waals surface area contributed by atoms with Crippen LogP contribution in [0.4, 0.5) is 0 Å². The summed E-state index contributed by atoms with van der Waals surface area (Å²) in [5, 5.41) is 6.24. The molecule has 0 atom stereocenters. The summed E-state index contributed by atoms with van der Waals surface area (Å²) in [6.45, 7) is 1.94. The first kappa shape index (κ1) is 13.5. The molecule has 0 spiro atoms. The molecule has 0 aliphatic carbocycles. The lowest BCUT2D eigenvalue weighted by molar-refractivity contribution is 0.0929. The van der Waals surface area contributed by atoms with E-state index in [0.29, 0.717) is 10.2 Å².